The Morgan fingerprint density at radius 2 is 2.10 bits per heavy atom. The molecule has 0 heterocycles. The summed E-state index contributed by atoms with van der Waals surface area (Å²) in [6.07, 6.45) is -4.90. The zero-order chi connectivity index (χ0) is 15.2. The Balaban J connectivity index is 2.73. The first-order valence-electron chi connectivity index (χ1n) is 5.61. The van der Waals surface area contributed by atoms with Gasteiger partial charge in [0.1, 0.15) is 6.42 Å². The molecule has 0 aromatic heterocycles. The second-order valence-electron chi connectivity index (χ2n) is 3.58. The molecular formula is C13H12F3NO3. The second kappa shape index (κ2) is 6.70. The lowest BCUT2D eigenvalue weighted by Crippen LogP contribution is -2.18. The molecule has 1 aromatic carbocycles. The summed E-state index contributed by atoms with van der Waals surface area (Å²) < 4.78 is 44.5. The van der Waals surface area contributed by atoms with E-state index in [0.717, 1.165) is 6.07 Å². The zero-order valence-electron chi connectivity index (χ0n) is 10.6. The summed E-state index contributed by atoms with van der Waals surface area (Å²) in [6.45, 7) is 1.93. The molecule has 0 atom stereocenters. The van der Waals surface area contributed by atoms with E-state index in [1.807, 2.05) is 0 Å². The van der Waals surface area contributed by atoms with Crippen LogP contribution in [0.5, 0.6) is 5.75 Å². The third kappa shape index (κ3) is 5.52. The summed E-state index contributed by atoms with van der Waals surface area (Å²) in [6, 6.07) is 3.62. The average molecular weight is 287 g/mol. The number of anilines is 1. The number of nitrogens with two attached hydrogens (primary N) is 1. The zero-order valence-corrected chi connectivity index (χ0v) is 10.6. The van der Waals surface area contributed by atoms with Crippen molar-refractivity contribution in [3.8, 4) is 17.6 Å². The number of nitrogen functional groups attached to an aromatic ring is 1. The molecule has 0 aliphatic heterocycles. The fraction of sp³-hybridized carbons (Fsp3) is 0.308. The van der Waals surface area contributed by atoms with E-state index in [2.05, 4.69) is 21.3 Å². The number of esters is 1. The minimum Gasteiger partial charge on any atom is -0.465 e. The van der Waals surface area contributed by atoms with Crippen LogP contribution < -0.4 is 10.5 Å². The lowest BCUT2D eigenvalue weighted by Gasteiger charge is -2.10. The molecule has 7 heteroatoms. The molecule has 0 unspecified atom stereocenters. The lowest BCUT2D eigenvalue weighted by atomic mass is 10.2. The number of hydrogen-bond acceptors (Lipinski definition) is 4. The van der Waals surface area contributed by atoms with Gasteiger partial charge in [0.2, 0.25) is 0 Å². The molecule has 108 valence electrons. The van der Waals surface area contributed by atoms with Gasteiger partial charge in [0.25, 0.3) is 0 Å². The van der Waals surface area contributed by atoms with E-state index >= 15 is 0 Å². The van der Waals surface area contributed by atoms with E-state index in [1.165, 1.54) is 12.1 Å². The first kappa shape index (κ1) is 15.7. The Bertz CT molecular complexity index is 544. The molecule has 0 radical (unpaired) electrons. The SMILES string of the molecule is CCOC(=O)CC#Cc1ccc(OC(F)(F)F)c(N)c1. The maximum Gasteiger partial charge on any atom is 0.573 e. The number of carbonyl (C=O) groups excluding carboxylic acids is 1. The van der Waals surface area contributed by atoms with Gasteiger partial charge in [-0.2, -0.15) is 0 Å². The van der Waals surface area contributed by atoms with Gasteiger partial charge in [-0.15, -0.1) is 13.2 Å². The van der Waals surface area contributed by atoms with Crippen LogP contribution in [0.2, 0.25) is 0 Å². The number of benzene rings is 1. The van der Waals surface area contributed by atoms with Crippen molar-refractivity contribution >= 4 is 11.7 Å². The Morgan fingerprint density at radius 3 is 2.65 bits per heavy atom. The van der Waals surface area contributed by atoms with Crippen molar-refractivity contribution in [3.63, 3.8) is 0 Å². The van der Waals surface area contributed by atoms with Gasteiger partial charge in [-0.05, 0) is 25.1 Å². The topological polar surface area (TPSA) is 61.5 Å². The van der Waals surface area contributed by atoms with Crippen molar-refractivity contribution in [1.29, 1.82) is 0 Å². The van der Waals surface area contributed by atoms with Crippen LogP contribution in [0, 0.1) is 11.8 Å². The molecule has 0 amide bonds. The molecule has 0 aliphatic rings. The van der Waals surface area contributed by atoms with E-state index in [1.54, 1.807) is 6.92 Å². The minimum absolute atomic E-state index is 0.103. The third-order valence-corrected chi connectivity index (χ3v) is 2.01. The average Bonchev–Trinajstić information content (AvgIpc) is 2.31. The number of halogens is 3. The highest BCUT2D eigenvalue weighted by Gasteiger charge is 2.31. The first-order valence-corrected chi connectivity index (χ1v) is 5.61. The van der Waals surface area contributed by atoms with E-state index in [9.17, 15) is 18.0 Å². The largest absolute Gasteiger partial charge is 0.573 e. The number of carbonyl (C=O) groups is 1. The van der Waals surface area contributed by atoms with Crippen molar-refractivity contribution < 1.29 is 27.4 Å². The molecule has 0 saturated heterocycles. The fourth-order valence-corrected chi connectivity index (χ4v) is 1.27. The van der Waals surface area contributed by atoms with E-state index in [0.29, 0.717) is 5.56 Å². The number of ether oxygens (including phenoxy) is 2. The van der Waals surface area contributed by atoms with Gasteiger partial charge in [-0.25, -0.2) is 0 Å². The molecule has 0 aliphatic carbocycles. The van der Waals surface area contributed by atoms with Gasteiger partial charge in [0, 0.05) is 5.56 Å². The van der Waals surface area contributed by atoms with Crippen LogP contribution in [0.3, 0.4) is 0 Å². The fourth-order valence-electron chi connectivity index (χ4n) is 1.27. The monoisotopic (exact) mass is 287 g/mol. The van der Waals surface area contributed by atoms with Crippen molar-refractivity contribution in [1.82, 2.24) is 0 Å². The predicted molar refractivity (Wildman–Crippen MR) is 65.7 cm³/mol. The smallest absolute Gasteiger partial charge is 0.465 e. The van der Waals surface area contributed by atoms with Crippen LogP contribution >= 0.6 is 0 Å². The second-order valence-corrected chi connectivity index (χ2v) is 3.58. The van der Waals surface area contributed by atoms with Crippen LogP contribution in [-0.4, -0.2) is 18.9 Å². The predicted octanol–water partition coefficient (Wildman–Crippen LogP) is 2.47. The number of rotatable bonds is 3. The molecule has 4 nitrogen and oxygen atoms in total. The van der Waals surface area contributed by atoms with E-state index < -0.39 is 18.1 Å². The van der Waals surface area contributed by atoms with Gasteiger partial charge in [0.05, 0.1) is 12.3 Å². The Morgan fingerprint density at radius 1 is 1.40 bits per heavy atom. The Labute approximate surface area is 113 Å². The number of alkyl halides is 3. The van der Waals surface area contributed by atoms with Gasteiger partial charge in [-0.1, -0.05) is 11.8 Å². The van der Waals surface area contributed by atoms with Crippen LogP contribution in [-0.2, 0) is 9.53 Å². The molecule has 2 N–H and O–H groups in total. The summed E-state index contributed by atoms with van der Waals surface area (Å²) in [4.78, 5) is 11.0. The van der Waals surface area contributed by atoms with Crippen molar-refractivity contribution in [2.45, 2.75) is 19.7 Å². The Hall–Kier alpha value is -2.36. The van der Waals surface area contributed by atoms with Gasteiger partial charge >= 0.3 is 12.3 Å². The standard InChI is InChI=1S/C13H12F3NO3/c1-2-19-12(18)5-3-4-9-6-7-11(10(17)8-9)20-13(14,15)16/h6-8H,2,5,17H2,1H3. The normalized spacial score (nSPS) is 10.4. The van der Waals surface area contributed by atoms with Crippen LogP contribution in [0.15, 0.2) is 18.2 Å². The van der Waals surface area contributed by atoms with Crippen LogP contribution in [0.4, 0.5) is 18.9 Å². The maximum atomic E-state index is 12.0. The van der Waals surface area contributed by atoms with E-state index in [4.69, 9.17) is 5.73 Å². The summed E-state index contributed by atoms with van der Waals surface area (Å²) in [5, 5.41) is 0. The maximum absolute atomic E-state index is 12.0. The third-order valence-electron chi connectivity index (χ3n) is 2.01. The summed E-state index contributed by atoms with van der Waals surface area (Å²) in [5.41, 5.74) is 5.61. The molecule has 0 spiro atoms. The van der Waals surface area contributed by atoms with Crippen molar-refractivity contribution in [2.75, 3.05) is 12.3 Å². The molecular weight excluding hydrogens is 275 g/mol. The van der Waals surface area contributed by atoms with Crippen molar-refractivity contribution in [3.05, 3.63) is 23.8 Å². The number of hydrogen-bond donors (Lipinski definition) is 1. The van der Waals surface area contributed by atoms with Crippen molar-refractivity contribution in [2.24, 2.45) is 0 Å². The van der Waals surface area contributed by atoms with Gasteiger partial charge in [0.15, 0.2) is 5.75 Å². The molecule has 1 rings (SSSR count). The molecule has 1 aromatic rings. The quantitative estimate of drug-likeness (QED) is 0.527. The summed E-state index contributed by atoms with van der Waals surface area (Å²) in [5.74, 6) is 4.18. The molecule has 20 heavy (non-hydrogen) atoms. The Kier molecular flexibility index (Phi) is 5.26. The van der Waals surface area contributed by atoms with Crippen LogP contribution in [0.1, 0.15) is 18.9 Å². The highest BCUT2D eigenvalue weighted by atomic mass is 19.4. The molecule has 0 saturated carbocycles. The lowest BCUT2D eigenvalue weighted by molar-refractivity contribution is -0.274. The molecule has 0 bridgehead atoms. The highest BCUT2D eigenvalue weighted by Crippen LogP contribution is 2.28. The van der Waals surface area contributed by atoms with Gasteiger partial charge < -0.3 is 15.2 Å². The summed E-state index contributed by atoms with van der Waals surface area (Å²) in [7, 11) is 0. The summed E-state index contributed by atoms with van der Waals surface area (Å²) >= 11 is 0. The van der Waals surface area contributed by atoms with Gasteiger partial charge in [-0.3, -0.25) is 4.79 Å². The van der Waals surface area contributed by atoms with E-state index in [-0.39, 0.29) is 18.7 Å². The minimum atomic E-state index is -4.80. The van der Waals surface area contributed by atoms with Crippen LogP contribution in [0.25, 0.3) is 0 Å². The first-order chi connectivity index (χ1) is 9.31. The highest BCUT2D eigenvalue weighted by molar-refractivity contribution is 5.72. The molecule has 0 fully saturated rings.